The standard InChI is InChI=1S/C50H37N5/c1-5-16-35(17-6-1)36-27-29-40(30-28-36)47-46(39-22-11-4-12-23-39)55-49(43-24-13-14-31-51-34-43)48(54-47)41-25-15-26-42(32-41)50-52-44(37-18-7-2-8-19-37)33-45(53-50)38-20-9-3-10-21-38/h1-30,32-33,51H,31,34H2. The van der Waals surface area contributed by atoms with Crippen LogP contribution in [0.15, 0.2) is 194 Å². The Morgan fingerprint density at radius 1 is 0.364 bits per heavy atom. The van der Waals surface area contributed by atoms with Crippen LogP contribution in [0.3, 0.4) is 0 Å². The van der Waals surface area contributed by atoms with Crippen LogP contribution in [0.1, 0.15) is 5.69 Å². The zero-order chi connectivity index (χ0) is 36.8. The minimum atomic E-state index is 0.646. The summed E-state index contributed by atoms with van der Waals surface area (Å²) in [6, 6.07) is 60.5. The van der Waals surface area contributed by atoms with Gasteiger partial charge in [0.15, 0.2) is 5.82 Å². The fourth-order valence-electron chi connectivity index (χ4n) is 6.97. The van der Waals surface area contributed by atoms with E-state index in [1.54, 1.807) is 0 Å². The second kappa shape index (κ2) is 15.5. The highest BCUT2D eigenvalue weighted by atomic mass is 14.9. The fourth-order valence-corrected chi connectivity index (χ4v) is 6.97. The van der Waals surface area contributed by atoms with E-state index in [4.69, 9.17) is 19.9 Å². The molecule has 5 nitrogen and oxygen atoms in total. The van der Waals surface area contributed by atoms with Gasteiger partial charge in [0.1, 0.15) is 0 Å². The summed E-state index contributed by atoms with van der Waals surface area (Å²) < 4.78 is 0. The maximum atomic E-state index is 5.57. The molecular formula is C50H37N5. The van der Waals surface area contributed by atoms with Crippen molar-refractivity contribution in [1.82, 2.24) is 25.3 Å². The molecular weight excluding hydrogens is 671 g/mol. The maximum absolute atomic E-state index is 5.57. The molecule has 9 rings (SSSR count). The molecule has 0 amide bonds. The highest BCUT2D eigenvalue weighted by Crippen LogP contribution is 2.38. The second-order valence-corrected chi connectivity index (χ2v) is 13.5. The fraction of sp³-hybridized carbons (Fsp3) is 0.0400. The van der Waals surface area contributed by atoms with Crippen molar-refractivity contribution in [1.29, 1.82) is 0 Å². The lowest BCUT2D eigenvalue weighted by Crippen LogP contribution is -2.16. The lowest BCUT2D eigenvalue weighted by atomic mass is 9.97. The van der Waals surface area contributed by atoms with Crippen molar-refractivity contribution in [3.63, 3.8) is 0 Å². The Kier molecular flexibility index (Phi) is 9.50. The second-order valence-electron chi connectivity index (χ2n) is 13.5. The van der Waals surface area contributed by atoms with Crippen molar-refractivity contribution in [3.8, 4) is 78.8 Å². The van der Waals surface area contributed by atoms with E-state index >= 15 is 0 Å². The molecule has 262 valence electrons. The van der Waals surface area contributed by atoms with Crippen LogP contribution < -0.4 is 5.32 Å². The van der Waals surface area contributed by atoms with Crippen molar-refractivity contribution < 1.29 is 0 Å². The third kappa shape index (κ3) is 7.30. The van der Waals surface area contributed by atoms with Gasteiger partial charge in [-0.05, 0) is 28.8 Å². The van der Waals surface area contributed by atoms with Crippen LogP contribution in [-0.2, 0) is 0 Å². The van der Waals surface area contributed by atoms with Crippen LogP contribution in [0.2, 0.25) is 0 Å². The summed E-state index contributed by atoms with van der Waals surface area (Å²) in [4.78, 5) is 21.3. The molecule has 2 aromatic heterocycles. The molecule has 0 aliphatic carbocycles. The predicted molar refractivity (Wildman–Crippen MR) is 226 cm³/mol. The summed E-state index contributed by atoms with van der Waals surface area (Å²) in [5.74, 6) is 0.646. The van der Waals surface area contributed by atoms with Crippen LogP contribution in [0.25, 0.3) is 84.4 Å². The van der Waals surface area contributed by atoms with Crippen LogP contribution in [-0.4, -0.2) is 33.0 Å². The van der Waals surface area contributed by atoms with Crippen LogP contribution in [0.5, 0.6) is 0 Å². The number of nitrogens with one attached hydrogen (secondary N) is 1. The maximum Gasteiger partial charge on any atom is 0.160 e. The minimum Gasteiger partial charge on any atom is -0.309 e. The number of nitrogens with zero attached hydrogens (tertiary/aromatic N) is 4. The third-order valence-electron chi connectivity index (χ3n) is 9.78. The Morgan fingerprint density at radius 3 is 1.44 bits per heavy atom. The summed E-state index contributed by atoms with van der Waals surface area (Å²) in [6.07, 6.45) is 6.38. The quantitative estimate of drug-likeness (QED) is 0.170. The number of hydrogen-bond acceptors (Lipinski definition) is 5. The van der Waals surface area contributed by atoms with Gasteiger partial charge in [0, 0.05) is 46.5 Å². The first-order valence-electron chi connectivity index (χ1n) is 18.6. The molecule has 0 saturated heterocycles. The van der Waals surface area contributed by atoms with Crippen molar-refractivity contribution >= 4 is 5.57 Å². The molecule has 1 N–H and O–H groups in total. The van der Waals surface area contributed by atoms with Gasteiger partial charge in [-0.3, -0.25) is 0 Å². The Balaban J connectivity index is 1.23. The molecule has 0 radical (unpaired) electrons. The molecule has 0 fully saturated rings. The number of benzene rings is 6. The third-order valence-corrected chi connectivity index (χ3v) is 9.78. The van der Waals surface area contributed by atoms with E-state index in [9.17, 15) is 0 Å². The van der Waals surface area contributed by atoms with Gasteiger partial charge in [0.05, 0.1) is 34.2 Å². The molecule has 1 aliphatic rings. The smallest absolute Gasteiger partial charge is 0.160 e. The van der Waals surface area contributed by atoms with Crippen LogP contribution in [0.4, 0.5) is 0 Å². The number of rotatable bonds is 8. The van der Waals surface area contributed by atoms with E-state index in [2.05, 4.69) is 151 Å². The number of aromatic nitrogens is 4. The first-order valence-corrected chi connectivity index (χ1v) is 18.6. The van der Waals surface area contributed by atoms with E-state index in [0.717, 1.165) is 85.2 Å². The summed E-state index contributed by atoms with van der Waals surface area (Å²) >= 11 is 0. The highest BCUT2D eigenvalue weighted by molar-refractivity contribution is 5.87. The average molecular weight is 708 g/mol. The van der Waals surface area contributed by atoms with Gasteiger partial charge >= 0.3 is 0 Å². The summed E-state index contributed by atoms with van der Waals surface area (Å²) in [7, 11) is 0. The molecule has 0 spiro atoms. The number of hydrogen-bond donors (Lipinski definition) is 1. The van der Waals surface area contributed by atoms with E-state index < -0.39 is 0 Å². The minimum absolute atomic E-state index is 0.646. The van der Waals surface area contributed by atoms with Gasteiger partial charge in [-0.2, -0.15) is 0 Å². The molecule has 55 heavy (non-hydrogen) atoms. The van der Waals surface area contributed by atoms with Crippen molar-refractivity contribution in [2.24, 2.45) is 0 Å². The van der Waals surface area contributed by atoms with Gasteiger partial charge in [-0.25, -0.2) is 19.9 Å². The molecule has 5 heteroatoms. The Labute approximate surface area is 321 Å². The van der Waals surface area contributed by atoms with Gasteiger partial charge < -0.3 is 5.32 Å². The molecule has 0 bridgehead atoms. The largest absolute Gasteiger partial charge is 0.309 e. The van der Waals surface area contributed by atoms with Crippen LogP contribution in [0, 0.1) is 0 Å². The van der Waals surface area contributed by atoms with Crippen molar-refractivity contribution in [2.75, 3.05) is 13.1 Å². The summed E-state index contributed by atoms with van der Waals surface area (Å²) in [5, 5.41) is 3.54. The molecule has 0 saturated carbocycles. The monoisotopic (exact) mass is 707 g/mol. The van der Waals surface area contributed by atoms with Crippen molar-refractivity contribution in [2.45, 2.75) is 0 Å². The lowest BCUT2D eigenvalue weighted by molar-refractivity contribution is 0.855. The highest BCUT2D eigenvalue weighted by Gasteiger charge is 2.22. The van der Waals surface area contributed by atoms with E-state index in [1.807, 2.05) is 48.5 Å². The molecule has 8 aromatic rings. The molecule has 6 aromatic carbocycles. The zero-order valence-electron chi connectivity index (χ0n) is 30.2. The average Bonchev–Trinajstić information content (AvgIpc) is 3.57. The van der Waals surface area contributed by atoms with Gasteiger partial charge in [-0.15, -0.1) is 0 Å². The molecule has 3 heterocycles. The van der Waals surface area contributed by atoms with Gasteiger partial charge in [0.25, 0.3) is 0 Å². The van der Waals surface area contributed by atoms with E-state index in [-0.39, 0.29) is 0 Å². The molecule has 1 aliphatic heterocycles. The van der Waals surface area contributed by atoms with Crippen molar-refractivity contribution in [3.05, 3.63) is 200 Å². The zero-order valence-corrected chi connectivity index (χ0v) is 30.2. The lowest BCUT2D eigenvalue weighted by Gasteiger charge is -2.18. The Hall–Kier alpha value is -7.08. The van der Waals surface area contributed by atoms with Crippen LogP contribution >= 0.6 is 0 Å². The number of allylic oxidation sites excluding steroid dienone is 2. The molecule has 0 unspecified atom stereocenters. The van der Waals surface area contributed by atoms with Gasteiger partial charge in [0.2, 0.25) is 0 Å². The SMILES string of the molecule is C1=CCNCC(c2nc(-c3ccccc3)c(-c3ccc(-c4ccccc4)cc3)nc2-c2cccc(-c3nc(-c4ccccc4)cc(-c4ccccc4)n3)c2)=C1. The predicted octanol–water partition coefficient (Wildman–Crippen LogP) is 11.5. The summed E-state index contributed by atoms with van der Waals surface area (Å²) in [5.41, 5.74) is 14.3. The first-order chi connectivity index (χ1) is 27.3. The summed E-state index contributed by atoms with van der Waals surface area (Å²) in [6.45, 7) is 1.45. The van der Waals surface area contributed by atoms with E-state index in [1.165, 1.54) is 5.56 Å². The first kappa shape index (κ1) is 33.7. The molecule has 0 atom stereocenters. The topological polar surface area (TPSA) is 63.6 Å². The van der Waals surface area contributed by atoms with E-state index in [0.29, 0.717) is 12.4 Å². The normalized spacial score (nSPS) is 12.5. The Bertz CT molecular complexity index is 2580. The van der Waals surface area contributed by atoms with Gasteiger partial charge in [-0.1, -0.05) is 182 Å². The Morgan fingerprint density at radius 2 is 0.818 bits per heavy atom.